The van der Waals surface area contributed by atoms with Crippen LogP contribution in [-0.4, -0.2) is 17.4 Å². The summed E-state index contributed by atoms with van der Waals surface area (Å²) in [5.41, 5.74) is 4.88. The van der Waals surface area contributed by atoms with Gasteiger partial charge in [0, 0.05) is 19.9 Å². The third kappa shape index (κ3) is 2.69. The van der Waals surface area contributed by atoms with Crippen LogP contribution in [0.3, 0.4) is 0 Å². The Hall–Kier alpha value is -2.39. The monoisotopic (exact) mass is 366 g/mol. The fourth-order valence-electron chi connectivity index (χ4n) is 3.08. The van der Waals surface area contributed by atoms with E-state index in [0.29, 0.717) is 23.8 Å². The summed E-state index contributed by atoms with van der Waals surface area (Å²) in [4.78, 5) is 16.4. The average molecular weight is 366 g/mol. The van der Waals surface area contributed by atoms with Crippen LogP contribution < -0.4 is 15.8 Å². The van der Waals surface area contributed by atoms with Crippen LogP contribution in [0.1, 0.15) is 23.1 Å². The Bertz CT molecular complexity index is 903. The number of rotatable bonds is 2. The average Bonchev–Trinajstić information content (AvgIpc) is 3.16. The van der Waals surface area contributed by atoms with Gasteiger partial charge in [0.1, 0.15) is 0 Å². The largest absolute Gasteiger partial charge is 0.418 e. The third-order valence-electron chi connectivity index (χ3n) is 4.04. The van der Waals surface area contributed by atoms with E-state index in [9.17, 15) is 18.0 Å². The van der Waals surface area contributed by atoms with Gasteiger partial charge >= 0.3 is 6.18 Å². The molecule has 0 saturated heterocycles. The van der Waals surface area contributed by atoms with Gasteiger partial charge in [-0.1, -0.05) is 23.5 Å². The molecule has 0 fully saturated rings. The minimum Gasteiger partial charge on any atom is -0.302 e. The van der Waals surface area contributed by atoms with Gasteiger partial charge in [0.05, 0.1) is 27.5 Å². The van der Waals surface area contributed by atoms with Crippen LogP contribution in [0.5, 0.6) is 0 Å². The van der Waals surface area contributed by atoms with Crippen molar-refractivity contribution in [3.63, 3.8) is 0 Å². The molecule has 0 atom stereocenters. The summed E-state index contributed by atoms with van der Waals surface area (Å²) in [5, 5.41) is 4.58. The summed E-state index contributed by atoms with van der Waals surface area (Å²) in [6, 6.07) is 5.47. The van der Waals surface area contributed by atoms with E-state index in [4.69, 9.17) is 0 Å². The topological polar surface area (TPSA) is 57.3 Å². The smallest absolute Gasteiger partial charge is 0.302 e. The molecule has 0 bridgehead atoms. The van der Waals surface area contributed by atoms with Gasteiger partial charge in [-0.05, 0) is 17.7 Å². The molecule has 2 aromatic rings. The van der Waals surface area contributed by atoms with Crippen molar-refractivity contribution in [2.75, 3.05) is 16.9 Å². The summed E-state index contributed by atoms with van der Waals surface area (Å²) in [6.07, 6.45) is -3.88. The fraction of sp³-hybridized carbons (Fsp3) is 0.250. The van der Waals surface area contributed by atoms with Gasteiger partial charge in [-0.25, -0.2) is 10.4 Å². The Morgan fingerprint density at radius 2 is 2.12 bits per heavy atom. The number of amides is 1. The molecule has 130 valence electrons. The number of hydrazine groups is 1. The molecule has 1 aromatic heterocycles. The molecule has 0 saturated carbocycles. The van der Waals surface area contributed by atoms with Crippen molar-refractivity contribution in [3.8, 4) is 0 Å². The summed E-state index contributed by atoms with van der Waals surface area (Å²) in [6.45, 7) is 1.86. The molecular weight excluding hydrogens is 353 g/mol. The number of fused-ring (bicyclic) bond motifs is 2. The minimum absolute atomic E-state index is 0.0577. The molecule has 2 aliphatic rings. The van der Waals surface area contributed by atoms with Gasteiger partial charge in [-0.2, -0.15) is 13.2 Å². The Kier molecular flexibility index (Phi) is 3.58. The molecule has 2 N–H and O–H groups in total. The molecule has 0 spiro atoms. The van der Waals surface area contributed by atoms with E-state index in [0.717, 1.165) is 22.2 Å². The van der Waals surface area contributed by atoms with Crippen LogP contribution in [-0.2, 0) is 17.4 Å². The molecule has 1 aliphatic carbocycles. The van der Waals surface area contributed by atoms with Crippen molar-refractivity contribution < 1.29 is 18.0 Å². The lowest BCUT2D eigenvalue weighted by Crippen LogP contribution is -2.33. The molecule has 5 nitrogen and oxygen atoms in total. The van der Waals surface area contributed by atoms with Crippen molar-refractivity contribution in [1.82, 2.24) is 10.4 Å². The van der Waals surface area contributed by atoms with Gasteiger partial charge in [0.15, 0.2) is 5.13 Å². The van der Waals surface area contributed by atoms with Crippen molar-refractivity contribution >= 4 is 33.8 Å². The van der Waals surface area contributed by atoms with Crippen molar-refractivity contribution in [3.05, 3.63) is 46.0 Å². The molecule has 1 aliphatic heterocycles. The molecule has 9 heteroatoms. The molecule has 1 amide bonds. The number of carbonyl (C=O) groups excluding carboxylic acids is 1. The second-order valence-corrected chi connectivity index (χ2v) is 6.79. The standard InChI is InChI=1S/C16H13F3N4OS/c1-8(24)21-15-22-11-6-9-7-20-23(13(9)14(11)25-15)12-5-3-2-4-10(12)16(17,18)19/h2-5,20H,6-7H2,1H3,(H,21,22,24). The number of benzene rings is 1. The second kappa shape index (κ2) is 5.57. The van der Waals surface area contributed by atoms with Gasteiger partial charge < -0.3 is 5.32 Å². The predicted octanol–water partition coefficient (Wildman–Crippen LogP) is 3.41. The highest BCUT2D eigenvalue weighted by Crippen LogP contribution is 2.46. The van der Waals surface area contributed by atoms with Gasteiger partial charge in [-0.3, -0.25) is 9.80 Å². The van der Waals surface area contributed by atoms with Crippen LogP contribution in [0.25, 0.3) is 5.70 Å². The Morgan fingerprint density at radius 1 is 1.36 bits per heavy atom. The first kappa shape index (κ1) is 16.1. The number of carbonyl (C=O) groups is 1. The first-order valence-electron chi connectivity index (χ1n) is 7.54. The number of para-hydroxylation sites is 1. The molecule has 1 aromatic carbocycles. The van der Waals surface area contributed by atoms with E-state index >= 15 is 0 Å². The number of hydrogen-bond acceptors (Lipinski definition) is 5. The highest BCUT2D eigenvalue weighted by Gasteiger charge is 2.40. The van der Waals surface area contributed by atoms with E-state index in [2.05, 4.69) is 15.7 Å². The highest BCUT2D eigenvalue weighted by molar-refractivity contribution is 7.17. The number of alkyl halides is 3. The van der Waals surface area contributed by atoms with Crippen LogP contribution in [0.15, 0.2) is 29.8 Å². The number of hydrogen-bond donors (Lipinski definition) is 2. The van der Waals surface area contributed by atoms with E-state index in [1.54, 1.807) is 6.07 Å². The maximum absolute atomic E-state index is 13.4. The number of aromatic nitrogens is 1. The number of nitrogens with zero attached hydrogens (tertiary/aromatic N) is 2. The van der Waals surface area contributed by atoms with Gasteiger partial charge in [-0.15, -0.1) is 0 Å². The number of anilines is 2. The first-order valence-corrected chi connectivity index (χ1v) is 8.36. The number of halogens is 3. The lowest BCUT2D eigenvalue weighted by atomic mass is 10.1. The lowest BCUT2D eigenvalue weighted by Gasteiger charge is -2.25. The Balaban J connectivity index is 1.75. The zero-order chi connectivity index (χ0) is 17.8. The zero-order valence-electron chi connectivity index (χ0n) is 13.1. The second-order valence-electron chi connectivity index (χ2n) is 5.79. The summed E-state index contributed by atoms with van der Waals surface area (Å²) >= 11 is 1.27. The minimum atomic E-state index is -4.45. The quantitative estimate of drug-likeness (QED) is 0.855. The molecule has 25 heavy (non-hydrogen) atoms. The highest BCUT2D eigenvalue weighted by atomic mass is 32.1. The lowest BCUT2D eigenvalue weighted by molar-refractivity contribution is -0.137. The maximum Gasteiger partial charge on any atom is 0.418 e. The SMILES string of the molecule is CC(=O)Nc1nc2c(s1)C1=C(CNN1c1ccccc1C(F)(F)F)C2. The van der Waals surface area contributed by atoms with E-state index in [1.807, 2.05) is 0 Å². The van der Waals surface area contributed by atoms with Crippen LogP contribution in [0, 0.1) is 0 Å². The number of thiazole rings is 1. The van der Waals surface area contributed by atoms with Crippen LogP contribution in [0.2, 0.25) is 0 Å². The van der Waals surface area contributed by atoms with Gasteiger partial charge in [0.2, 0.25) is 5.91 Å². The maximum atomic E-state index is 13.4. The van der Waals surface area contributed by atoms with Gasteiger partial charge in [0.25, 0.3) is 0 Å². The first-order chi connectivity index (χ1) is 11.8. The molecule has 4 rings (SSSR count). The van der Waals surface area contributed by atoms with Crippen LogP contribution in [0.4, 0.5) is 24.0 Å². The van der Waals surface area contributed by atoms with E-state index in [1.165, 1.54) is 35.4 Å². The molecule has 0 unspecified atom stereocenters. The molecular formula is C16H13F3N4OS. The fourth-order valence-corrected chi connectivity index (χ4v) is 4.19. The molecule has 0 radical (unpaired) electrons. The molecule has 2 heterocycles. The van der Waals surface area contributed by atoms with Crippen molar-refractivity contribution in [2.24, 2.45) is 0 Å². The number of nitrogens with one attached hydrogen (secondary N) is 2. The van der Waals surface area contributed by atoms with Crippen molar-refractivity contribution in [1.29, 1.82) is 0 Å². The third-order valence-corrected chi connectivity index (χ3v) is 5.06. The summed E-state index contributed by atoms with van der Waals surface area (Å²) in [5.74, 6) is -0.231. The van der Waals surface area contributed by atoms with E-state index in [-0.39, 0.29) is 11.6 Å². The normalized spacial score (nSPS) is 16.2. The van der Waals surface area contributed by atoms with Crippen molar-refractivity contribution in [2.45, 2.75) is 19.5 Å². The Labute approximate surface area is 145 Å². The summed E-state index contributed by atoms with van der Waals surface area (Å²) in [7, 11) is 0. The predicted molar refractivity (Wildman–Crippen MR) is 89.0 cm³/mol. The van der Waals surface area contributed by atoms with E-state index < -0.39 is 11.7 Å². The van der Waals surface area contributed by atoms with Crippen LogP contribution >= 0.6 is 11.3 Å². The zero-order valence-corrected chi connectivity index (χ0v) is 13.9. The summed E-state index contributed by atoms with van der Waals surface area (Å²) < 4.78 is 40.1. The Morgan fingerprint density at radius 3 is 2.84 bits per heavy atom.